The topological polar surface area (TPSA) is 66.9 Å². The summed E-state index contributed by atoms with van der Waals surface area (Å²) in [6.07, 6.45) is 2.00. The Morgan fingerprint density at radius 2 is 1.77 bits per heavy atom. The predicted octanol–water partition coefficient (Wildman–Crippen LogP) is 5.05. The van der Waals surface area contributed by atoms with Crippen molar-refractivity contribution in [2.24, 2.45) is 0 Å². The van der Waals surface area contributed by atoms with Crippen LogP contribution in [0.1, 0.15) is 45.5 Å². The van der Waals surface area contributed by atoms with E-state index in [0.29, 0.717) is 42.1 Å². The molecule has 1 spiro atoms. The molecule has 2 amide bonds. The van der Waals surface area contributed by atoms with Gasteiger partial charge in [0.1, 0.15) is 0 Å². The van der Waals surface area contributed by atoms with Crippen molar-refractivity contribution in [3.05, 3.63) is 88.4 Å². The number of carbonyl (C=O) groups is 3. The fourth-order valence-corrected chi connectivity index (χ4v) is 5.68. The third-order valence-electron chi connectivity index (χ3n) is 7.21. The lowest BCUT2D eigenvalue weighted by molar-refractivity contribution is -0.117. The van der Waals surface area contributed by atoms with Gasteiger partial charge in [0.15, 0.2) is 5.60 Å². The third kappa shape index (κ3) is 3.60. The number of hydrogen-bond donors (Lipinski definition) is 0. The molecule has 0 bridgehead atoms. The van der Waals surface area contributed by atoms with Crippen LogP contribution in [-0.4, -0.2) is 42.3 Å². The first-order chi connectivity index (χ1) is 16.9. The van der Waals surface area contributed by atoms with E-state index in [0.717, 1.165) is 35.3 Å². The number of carbonyl (C=O) groups excluding carboxylic acids is 3. The molecule has 3 aliphatic rings. The third-order valence-corrected chi connectivity index (χ3v) is 7.52. The zero-order valence-corrected chi connectivity index (χ0v) is 19.8. The molecule has 176 valence electrons. The highest BCUT2D eigenvalue weighted by molar-refractivity contribution is 6.34. The molecular formula is C28H23ClN2O4. The lowest BCUT2D eigenvalue weighted by atomic mass is 9.91. The van der Waals surface area contributed by atoms with Crippen LogP contribution >= 0.6 is 11.6 Å². The molecule has 0 saturated carbocycles. The van der Waals surface area contributed by atoms with E-state index >= 15 is 0 Å². The fourth-order valence-electron chi connectivity index (χ4n) is 5.42. The summed E-state index contributed by atoms with van der Waals surface area (Å²) in [7, 11) is 0. The lowest BCUT2D eigenvalue weighted by Gasteiger charge is -2.24. The SMILES string of the molecule is O=C1O[C@]2(CCN(C(=O)c3ccc(-c4cccc(N5CCCC5=O)c4)cc3Cl)C2)c2ccccc21. The summed E-state index contributed by atoms with van der Waals surface area (Å²) in [5.74, 6) is -0.384. The number of nitrogens with zero attached hydrogens (tertiary/aromatic N) is 2. The fraction of sp³-hybridized carbons (Fsp3) is 0.250. The van der Waals surface area contributed by atoms with Gasteiger partial charge in [-0.1, -0.05) is 48.0 Å². The average molecular weight is 487 g/mol. The molecule has 3 aliphatic heterocycles. The Morgan fingerprint density at radius 3 is 2.57 bits per heavy atom. The van der Waals surface area contributed by atoms with Crippen LogP contribution in [0.15, 0.2) is 66.7 Å². The van der Waals surface area contributed by atoms with E-state index in [1.54, 1.807) is 28.0 Å². The summed E-state index contributed by atoms with van der Waals surface area (Å²) in [5.41, 5.74) is 3.71. The van der Waals surface area contributed by atoms with Gasteiger partial charge < -0.3 is 14.5 Å². The summed E-state index contributed by atoms with van der Waals surface area (Å²) >= 11 is 6.60. The molecule has 3 aromatic carbocycles. The van der Waals surface area contributed by atoms with Gasteiger partial charge >= 0.3 is 5.97 Å². The second-order valence-electron chi connectivity index (χ2n) is 9.30. The van der Waals surface area contributed by atoms with Gasteiger partial charge in [0.25, 0.3) is 5.91 Å². The predicted molar refractivity (Wildman–Crippen MR) is 133 cm³/mol. The largest absolute Gasteiger partial charge is 0.449 e. The first kappa shape index (κ1) is 21.9. The maximum atomic E-state index is 13.4. The summed E-state index contributed by atoms with van der Waals surface area (Å²) in [6.45, 7) is 1.51. The molecule has 0 N–H and O–H groups in total. The van der Waals surface area contributed by atoms with Gasteiger partial charge in [0, 0.05) is 37.2 Å². The Morgan fingerprint density at radius 1 is 0.943 bits per heavy atom. The molecule has 0 radical (unpaired) electrons. The number of ether oxygens (including phenoxy) is 1. The van der Waals surface area contributed by atoms with Crippen LogP contribution in [0.4, 0.5) is 5.69 Å². The first-order valence-corrected chi connectivity index (χ1v) is 12.2. The van der Waals surface area contributed by atoms with Gasteiger partial charge in [-0.2, -0.15) is 0 Å². The van der Waals surface area contributed by atoms with Crippen LogP contribution in [0.3, 0.4) is 0 Å². The van der Waals surface area contributed by atoms with Crippen LogP contribution in [0.5, 0.6) is 0 Å². The van der Waals surface area contributed by atoms with Crippen molar-refractivity contribution in [3.63, 3.8) is 0 Å². The minimum Gasteiger partial charge on any atom is -0.449 e. The highest BCUT2D eigenvalue weighted by Gasteiger charge is 2.51. The van der Waals surface area contributed by atoms with Crippen molar-refractivity contribution in [3.8, 4) is 11.1 Å². The van der Waals surface area contributed by atoms with Gasteiger partial charge in [0.05, 0.1) is 22.7 Å². The van der Waals surface area contributed by atoms with Crippen molar-refractivity contribution < 1.29 is 19.1 Å². The Kier molecular flexibility index (Phi) is 5.15. The van der Waals surface area contributed by atoms with E-state index in [1.165, 1.54) is 0 Å². The van der Waals surface area contributed by atoms with E-state index in [1.807, 2.05) is 48.5 Å². The molecule has 7 heteroatoms. The number of hydrogen-bond acceptors (Lipinski definition) is 4. The van der Waals surface area contributed by atoms with Crippen molar-refractivity contribution in [1.29, 1.82) is 0 Å². The van der Waals surface area contributed by atoms with Gasteiger partial charge in [-0.3, -0.25) is 9.59 Å². The lowest BCUT2D eigenvalue weighted by Crippen LogP contribution is -2.34. The van der Waals surface area contributed by atoms with Crippen LogP contribution in [-0.2, 0) is 15.1 Å². The molecule has 1 atom stereocenters. The molecule has 0 unspecified atom stereocenters. The van der Waals surface area contributed by atoms with Gasteiger partial charge in [0.2, 0.25) is 5.91 Å². The summed E-state index contributed by atoms with van der Waals surface area (Å²) in [6, 6.07) is 20.6. The van der Waals surface area contributed by atoms with Gasteiger partial charge in [-0.15, -0.1) is 0 Å². The Labute approximate surface area is 208 Å². The molecule has 2 fully saturated rings. The first-order valence-electron chi connectivity index (χ1n) is 11.8. The van der Waals surface area contributed by atoms with Gasteiger partial charge in [-0.25, -0.2) is 4.79 Å². The standard InChI is InChI=1S/C28H23ClN2O4/c29-24-16-19(18-5-3-6-20(15-18)31-13-4-9-25(31)32)10-11-22(24)26(33)30-14-12-28(17-30)23-8-2-1-7-21(23)27(34)35-28/h1-3,5-8,10-11,15-16H,4,9,12-14,17H2/t28-/m0/s1. The minimum atomic E-state index is -0.788. The zero-order valence-electron chi connectivity index (χ0n) is 19.0. The molecular weight excluding hydrogens is 464 g/mol. The number of rotatable bonds is 3. The highest BCUT2D eigenvalue weighted by atomic mass is 35.5. The zero-order chi connectivity index (χ0) is 24.2. The minimum absolute atomic E-state index is 0.139. The molecule has 6 rings (SSSR count). The number of fused-ring (bicyclic) bond motifs is 2. The summed E-state index contributed by atoms with van der Waals surface area (Å²) < 4.78 is 5.77. The van der Waals surface area contributed by atoms with Crippen LogP contribution in [0, 0.1) is 0 Å². The highest BCUT2D eigenvalue weighted by Crippen LogP contribution is 2.43. The van der Waals surface area contributed by atoms with E-state index in [9.17, 15) is 14.4 Å². The second kappa shape index (κ2) is 8.24. The number of likely N-dealkylation sites (tertiary alicyclic amines) is 1. The van der Waals surface area contributed by atoms with Crippen LogP contribution < -0.4 is 4.90 Å². The second-order valence-corrected chi connectivity index (χ2v) is 9.71. The molecule has 3 aromatic rings. The quantitative estimate of drug-likeness (QED) is 0.486. The molecule has 0 aromatic heterocycles. The van der Waals surface area contributed by atoms with E-state index in [4.69, 9.17) is 16.3 Å². The molecule has 35 heavy (non-hydrogen) atoms. The Balaban J connectivity index is 1.24. The van der Waals surface area contributed by atoms with Crippen LogP contribution in [0.25, 0.3) is 11.1 Å². The van der Waals surface area contributed by atoms with E-state index < -0.39 is 5.60 Å². The van der Waals surface area contributed by atoms with Crippen molar-refractivity contribution in [1.82, 2.24) is 4.90 Å². The molecule has 3 heterocycles. The van der Waals surface area contributed by atoms with Gasteiger partial charge in [-0.05, 0) is 47.9 Å². The number of amides is 2. The number of halogens is 1. The van der Waals surface area contributed by atoms with Crippen molar-refractivity contribution >= 4 is 35.1 Å². The number of anilines is 1. The molecule has 6 nitrogen and oxygen atoms in total. The molecule has 0 aliphatic carbocycles. The normalized spacial score (nSPS) is 21.1. The van der Waals surface area contributed by atoms with Crippen molar-refractivity contribution in [2.75, 3.05) is 24.5 Å². The number of benzene rings is 3. The van der Waals surface area contributed by atoms with Crippen LogP contribution in [0.2, 0.25) is 5.02 Å². The van der Waals surface area contributed by atoms with E-state index in [-0.39, 0.29) is 17.8 Å². The Bertz CT molecular complexity index is 1390. The smallest absolute Gasteiger partial charge is 0.339 e. The van der Waals surface area contributed by atoms with E-state index in [2.05, 4.69) is 0 Å². The summed E-state index contributed by atoms with van der Waals surface area (Å²) in [5, 5.41) is 0.361. The van der Waals surface area contributed by atoms with Crippen molar-refractivity contribution in [2.45, 2.75) is 24.9 Å². The monoisotopic (exact) mass is 486 g/mol. The Hall–Kier alpha value is -3.64. The maximum Gasteiger partial charge on any atom is 0.339 e. The molecule has 2 saturated heterocycles. The maximum absolute atomic E-state index is 13.4. The average Bonchev–Trinajstić information content (AvgIpc) is 3.57. The summed E-state index contributed by atoms with van der Waals surface area (Å²) in [4.78, 5) is 41.4. The number of esters is 1.